The van der Waals surface area contributed by atoms with Crippen LogP contribution in [-0.4, -0.2) is 45.9 Å². The molecule has 1 aromatic carbocycles. The van der Waals surface area contributed by atoms with E-state index in [9.17, 15) is 13.2 Å². The molecular formula is C20H22ClF3N4O. The largest absolute Gasteiger partial charge is 0.475 e. The third-order valence-corrected chi connectivity index (χ3v) is 4.92. The zero-order valence-electron chi connectivity index (χ0n) is 15.7. The van der Waals surface area contributed by atoms with Crippen LogP contribution in [0.15, 0.2) is 42.6 Å². The average molecular weight is 427 g/mol. The molecule has 5 nitrogen and oxygen atoms in total. The molecule has 29 heavy (non-hydrogen) atoms. The van der Waals surface area contributed by atoms with Crippen LogP contribution >= 0.6 is 12.4 Å². The molecule has 0 saturated carbocycles. The van der Waals surface area contributed by atoms with Gasteiger partial charge in [0.15, 0.2) is 5.65 Å². The highest BCUT2D eigenvalue weighted by molar-refractivity contribution is 5.85. The van der Waals surface area contributed by atoms with Crippen molar-refractivity contribution >= 4 is 23.4 Å². The van der Waals surface area contributed by atoms with Crippen molar-refractivity contribution in [3.63, 3.8) is 0 Å². The number of hydrogen-bond donors (Lipinski definition) is 0. The van der Waals surface area contributed by atoms with E-state index in [1.807, 2.05) is 6.07 Å². The first-order valence-electron chi connectivity index (χ1n) is 9.39. The summed E-state index contributed by atoms with van der Waals surface area (Å²) >= 11 is 0. The highest BCUT2D eigenvalue weighted by atomic mass is 35.5. The Balaban J connectivity index is 0.00000240. The van der Waals surface area contributed by atoms with Gasteiger partial charge < -0.3 is 4.74 Å². The molecule has 0 bridgehead atoms. The smallest absolute Gasteiger partial charge is 0.416 e. The molecule has 1 aliphatic rings. The van der Waals surface area contributed by atoms with E-state index in [1.54, 1.807) is 18.3 Å². The van der Waals surface area contributed by atoms with Crippen LogP contribution in [0.25, 0.3) is 16.7 Å². The molecular weight excluding hydrogens is 405 g/mol. The maximum absolute atomic E-state index is 13.1. The zero-order valence-corrected chi connectivity index (χ0v) is 16.5. The van der Waals surface area contributed by atoms with Gasteiger partial charge in [0.2, 0.25) is 5.88 Å². The van der Waals surface area contributed by atoms with Gasteiger partial charge in [0.1, 0.15) is 6.61 Å². The predicted octanol–water partition coefficient (Wildman–Crippen LogP) is 4.73. The van der Waals surface area contributed by atoms with Crippen LogP contribution in [0.2, 0.25) is 0 Å². The molecule has 0 radical (unpaired) electrons. The van der Waals surface area contributed by atoms with E-state index in [2.05, 4.69) is 15.0 Å². The molecule has 1 saturated heterocycles. The van der Waals surface area contributed by atoms with E-state index in [0.717, 1.165) is 31.8 Å². The van der Waals surface area contributed by atoms with Gasteiger partial charge in [-0.2, -0.15) is 13.2 Å². The Bertz CT molecular complexity index is 954. The topological polar surface area (TPSA) is 43.2 Å². The van der Waals surface area contributed by atoms with Crippen molar-refractivity contribution < 1.29 is 17.9 Å². The van der Waals surface area contributed by atoms with Crippen molar-refractivity contribution in [1.29, 1.82) is 0 Å². The second kappa shape index (κ2) is 9.00. The molecule has 0 aliphatic carbocycles. The molecule has 0 N–H and O–H groups in total. The van der Waals surface area contributed by atoms with Gasteiger partial charge in [-0.05, 0) is 56.3 Å². The number of rotatable bonds is 5. The lowest BCUT2D eigenvalue weighted by Crippen LogP contribution is -2.33. The van der Waals surface area contributed by atoms with Crippen molar-refractivity contribution in [3.05, 3.63) is 48.2 Å². The number of nitrogens with zero attached hydrogens (tertiary/aromatic N) is 4. The van der Waals surface area contributed by atoms with E-state index in [4.69, 9.17) is 4.74 Å². The summed E-state index contributed by atoms with van der Waals surface area (Å²) in [4.78, 5) is 6.65. The molecule has 0 spiro atoms. The van der Waals surface area contributed by atoms with E-state index < -0.39 is 11.7 Å². The average Bonchev–Trinajstić information content (AvgIpc) is 3.07. The molecule has 0 unspecified atom stereocenters. The summed E-state index contributed by atoms with van der Waals surface area (Å²) in [5.74, 6) is 0.387. The van der Waals surface area contributed by atoms with E-state index in [0.29, 0.717) is 29.2 Å². The molecule has 2 aromatic heterocycles. The van der Waals surface area contributed by atoms with E-state index in [1.165, 1.54) is 30.0 Å². The van der Waals surface area contributed by atoms with Gasteiger partial charge in [0, 0.05) is 12.7 Å². The molecule has 156 valence electrons. The number of hydrogen-bond acceptors (Lipinski definition) is 4. The number of benzene rings is 1. The summed E-state index contributed by atoms with van der Waals surface area (Å²) < 4.78 is 46.5. The van der Waals surface area contributed by atoms with Crippen LogP contribution in [-0.2, 0) is 6.18 Å². The first kappa shape index (κ1) is 21.4. The minimum absolute atomic E-state index is 0. The Hall–Kier alpha value is -2.32. The van der Waals surface area contributed by atoms with Crippen LogP contribution in [0, 0.1) is 0 Å². The lowest BCUT2D eigenvalue weighted by molar-refractivity contribution is -0.137. The molecule has 9 heteroatoms. The van der Waals surface area contributed by atoms with Gasteiger partial charge in [0.25, 0.3) is 0 Å². The number of alkyl halides is 3. The summed E-state index contributed by atoms with van der Waals surface area (Å²) in [6.07, 6.45) is 0.856. The number of pyridine rings is 1. The normalized spacial score (nSPS) is 15.3. The predicted molar refractivity (Wildman–Crippen MR) is 107 cm³/mol. The summed E-state index contributed by atoms with van der Waals surface area (Å²) in [5.41, 5.74) is 0.0383. The van der Waals surface area contributed by atoms with Crippen molar-refractivity contribution in [2.24, 2.45) is 0 Å². The highest BCUT2D eigenvalue weighted by Gasteiger charge is 2.30. The molecule has 4 rings (SSSR count). The molecule has 1 aliphatic heterocycles. The number of fused-ring (bicyclic) bond motifs is 1. The van der Waals surface area contributed by atoms with Crippen LogP contribution < -0.4 is 4.74 Å². The summed E-state index contributed by atoms with van der Waals surface area (Å²) in [5, 5.41) is 5.09. The molecule has 3 aromatic rings. The highest BCUT2D eigenvalue weighted by Crippen LogP contribution is 2.32. The Kier molecular flexibility index (Phi) is 6.64. The quantitative estimate of drug-likeness (QED) is 0.591. The van der Waals surface area contributed by atoms with Gasteiger partial charge in [-0.15, -0.1) is 17.5 Å². The molecule has 1 fully saturated rings. The van der Waals surface area contributed by atoms with Crippen LogP contribution in [0.4, 0.5) is 13.2 Å². The first-order chi connectivity index (χ1) is 13.5. The lowest BCUT2D eigenvalue weighted by atomic mass is 10.1. The Labute approximate surface area is 172 Å². The fraction of sp³-hybridized carbons (Fsp3) is 0.400. The fourth-order valence-electron chi connectivity index (χ4n) is 3.48. The Morgan fingerprint density at radius 3 is 2.59 bits per heavy atom. The maximum Gasteiger partial charge on any atom is 0.416 e. The van der Waals surface area contributed by atoms with Crippen LogP contribution in [0.1, 0.15) is 24.8 Å². The van der Waals surface area contributed by atoms with Crippen LogP contribution in [0.3, 0.4) is 0 Å². The van der Waals surface area contributed by atoms with Gasteiger partial charge in [-0.3, -0.25) is 4.90 Å². The van der Waals surface area contributed by atoms with Gasteiger partial charge >= 0.3 is 6.18 Å². The monoisotopic (exact) mass is 426 g/mol. The Morgan fingerprint density at radius 2 is 1.83 bits per heavy atom. The van der Waals surface area contributed by atoms with Crippen molar-refractivity contribution in [3.8, 4) is 11.6 Å². The van der Waals surface area contributed by atoms with Gasteiger partial charge in [-0.1, -0.05) is 12.5 Å². The second-order valence-corrected chi connectivity index (χ2v) is 6.89. The van der Waals surface area contributed by atoms with Gasteiger partial charge in [-0.25, -0.2) is 9.67 Å². The minimum atomic E-state index is -4.42. The van der Waals surface area contributed by atoms with Crippen LogP contribution in [0.5, 0.6) is 5.88 Å². The summed E-state index contributed by atoms with van der Waals surface area (Å²) in [7, 11) is 0. The van der Waals surface area contributed by atoms with Crippen molar-refractivity contribution in [2.45, 2.75) is 25.4 Å². The minimum Gasteiger partial charge on any atom is -0.475 e. The molecule has 0 atom stereocenters. The second-order valence-electron chi connectivity index (χ2n) is 6.89. The van der Waals surface area contributed by atoms with E-state index >= 15 is 0 Å². The summed E-state index contributed by atoms with van der Waals surface area (Å²) in [6.45, 7) is 3.43. The number of halogens is 4. The van der Waals surface area contributed by atoms with E-state index in [-0.39, 0.29) is 12.4 Å². The SMILES string of the molecule is Cl.FC(F)(F)c1cccc(-n2nc(OCCN3CCCCC3)c3cccnc32)c1. The zero-order chi connectivity index (χ0) is 19.6. The molecule has 0 amide bonds. The van der Waals surface area contributed by atoms with Crippen molar-refractivity contribution in [2.75, 3.05) is 26.2 Å². The number of likely N-dealkylation sites (tertiary alicyclic amines) is 1. The third-order valence-electron chi connectivity index (χ3n) is 4.92. The third kappa shape index (κ3) is 4.82. The fourth-order valence-corrected chi connectivity index (χ4v) is 3.48. The maximum atomic E-state index is 13.1. The first-order valence-corrected chi connectivity index (χ1v) is 9.39. The summed E-state index contributed by atoms with van der Waals surface area (Å²) in [6, 6.07) is 8.63. The number of piperidine rings is 1. The molecule has 3 heterocycles. The Morgan fingerprint density at radius 1 is 1.03 bits per heavy atom. The van der Waals surface area contributed by atoms with Crippen molar-refractivity contribution in [1.82, 2.24) is 19.7 Å². The standard InChI is InChI=1S/C20H21F3N4O.ClH/c21-20(22,23)15-6-4-7-16(14-15)27-18-17(8-5-9-24-18)19(25-27)28-13-12-26-10-2-1-3-11-26;/h4-9,14H,1-3,10-13H2;1H. The number of ether oxygens (including phenoxy) is 1. The lowest BCUT2D eigenvalue weighted by Gasteiger charge is -2.25. The van der Waals surface area contributed by atoms with Gasteiger partial charge in [0.05, 0.1) is 16.6 Å². The number of aromatic nitrogens is 3.